The largest absolute Gasteiger partial charge is 0.394 e. The number of nitrogens with one attached hydrogen (secondary N) is 1. The van der Waals surface area contributed by atoms with Gasteiger partial charge in [0.1, 0.15) is 24.4 Å². The first-order chi connectivity index (χ1) is 38.8. The topological polar surface area (TPSA) is 149 Å². The molecule has 1 aliphatic heterocycles. The minimum atomic E-state index is -1.58. The maximum atomic E-state index is 13.1. The van der Waals surface area contributed by atoms with E-state index in [1.807, 2.05) is 6.08 Å². The van der Waals surface area contributed by atoms with Crippen LogP contribution in [0, 0.1) is 0 Å². The number of carbonyl (C=O) groups excluding carboxylic acids is 1. The Hall–Kier alpha value is -2.37. The van der Waals surface area contributed by atoms with E-state index in [1.165, 1.54) is 225 Å². The number of hydrogen-bond donors (Lipinski definition) is 6. The van der Waals surface area contributed by atoms with E-state index >= 15 is 0 Å². The summed E-state index contributed by atoms with van der Waals surface area (Å²) in [6.45, 7) is 3.76. The van der Waals surface area contributed by atoms with Crippen LogP contribution in [0.4, 0.5) is 0 Å². The third kappa shape index (κ3) is 47.8. The van der Waals surface area contributed by atoms with Gasteiger partial charge in [0, 0.05) is 6.42 Å². The monoisotopic (exact) mass is 1110 g/mol. The summed E-state index contributed by atoms with van der Waals surface area (Å²) in [5, 5.41) is 54.6. The van der Waals surface area contributed by atoms with Gasteiger partial charge < -0.3 is 40.3 Å². The van der Waals surface area contributed by atoms with E-state index in [0.717, 1.165) is 64.2 Å². The highest BCUT2D eigenvalue weighted by molar-refractivity contribution is 5.76. The van der Waals surface area contributed by atoms with Gasteiger partial charge in [-0.25, -0.2) is 0 Å². The zero-order chi connectivity index (χ0) is 57.2. The second kappa shape index (κ2) is 58.8. The van der Waals surface area contributed by atoms with Crippen LogP contribution in [0.15, 0.2) is 72.9 Å². The molecule has 1 aliphatic rings. The number of amides is 1. The Labute approximate surface area is 487 Å². The van der Waals surface area contributed by atoms with Crippen LogP contribution < -0.4 is 5.32 Å². The lowest BCUT2D eigenvalue weighted by Crippen LogP contribution is -2.60. The second-order valence-corrected chi connectivity index (χ2v) is 23.2. The van der Waals surface area contributed by atoms with Crippen LogP contribution in [0.25, 0.3) is 0 Å². The van der Waals surface area contributed by atoms with Crippen molar-refractivity contribution in [2.24, 2.45) is 0 Å². The van der Waals surface area contributed by atoms with Crippen molar-refractivity contribution in [1.82, 2.24) is 5.32 Å². The average molecular weight is 1110 g/mol. The first-order valence-corrected chi connectivity index (χ1v) is 33.7. The number of allylic oxidation sites excluding steroid dienone is 11. The van der Waals surface area contributed by atoms with Crippen LogP contribution >= 0.6 is 0 Å². The van der Waals surface area contributed by atoms with Crippen molar-refractivity contribution in [3.05, 3.63) is 72.9 Å². The Bertz CT molecular complexity index is 1470. The standard InChI is InChI=1S/C70H127NO8/c1-3-5-7-9-11-13-15-17-19-21-22-23-24-25-26-27-28-29-30-31-32-33-34-35-36-37-38-39-40-41-42-44-46-48-50-52-54-56-58-60-66(74)71-63(62-78-70-69(77)68(76)67(75)65(61-72)79-70)64(73)59-57-55-53-51-49-47-45-43-20-18-16-14-12-10-8-6-4-2/h15,17,20-22,24-25,43,49,51,57,59,63-65,67-70,72-73,75-77H,3-14,16,18-19,23,26-42,44-48,50,52-56,58,60-62H2,1-2H3,(H,71,74)/b17-15-,22-21-,25-24-,43-20+,51-49+,59-57+. The second-order valence-electron chi connectivity index (χ2n) is 23.2. The van der Waals surface area contributed by atoms with E-state index in [9.17, 15) is 30.3 Å². The van der Waals surface area contributed by atoms with Crippen molar-refractivity contribution in [2.75, 3.05) is 13.2 Å². The minimum Gasteiger partial charge on any atom is -0.394 e. The molecule has 1 heterocycles. The molecule has 7 unspecified atom stereocenters. The molecule has 0 aromatic rings. The smallest absolute Gasteiger partial charge is 0.220 e. The molecule has 0 saturated carbocycles. The molecule has 1 saturated heterocycles. The zero-order valence-corrected chi connectivity index (χ0v) is 51.4. The highest BCUT2D eigenvalue weighted by Gasteiger charge is 2.44. The number of aliphatic hydroxyl groups excluding tert-OH is 5. The summed E-state index contributed by atoms with van der Waals surface area (Å²) in [4.78, 5) is 13.1. The molecular weight excluding hydrogens is 983 g/mol. The van der Waals surface area contributed by atoms with Gasteiger partial charge in [0.15, 0.2) is 6.29 Å². The highest BCUT2D eigenvalue weighted by atomic mass is 16.7. The van der Waals surface area contributed by atoms with E-state index in [4.69, 9.17) is 9.47 Å². The minimum absolute atomic E-state index is 0.188. The van der Waals surface area contributed by atoms with Gasteiger partial charge in [0.05, 0.1) is 25.4 Å². The molecule has 6 N–H and O–H groups in total. The average Bonchev–Trinajstić information content (AvgIpc) is 3.48. The molecule has 0 aromatic heterocycles. The molecule has 1 amide bonds. The van der Waals surface area contributed by atoms with E-state index in [0.29, 0.717) is 6.42 Å². The number of carbonyl (C=O) groups is 1. The van der Waals surface area contributed by atoms with Crippen LogP contribution in [0.3, 0.4) is 0 Å². The normalized spacial score (nSPS) is 19.0. The van der Waals surface area contributed by atoms with Gasteiger partial charge in [0.2, 0.25) is 5.91 Å². The fourth-order valence-electron chi connectivity index (χ4n) is 10.4. The quantitative estimate of drug-likeness (QED) is 0.0261. The van der Waals surface area contributed by atoms with Crippen LogP contribution in [-0.2, 0) is 14.3 Å². The third-order valence-corrected chi connectivity index (χ3v) is 15.7. The molecule has 0 aliphatic carbocycles. The Kier molecular flexibility index (Phi) is 55.6. The van der Waals surface area contributed by atoms with Crippen LogP contribution in [-0.4, -0.2) is 87.5 Å². The number of rotatable bonds is 58. The fourth-order valence-corrected chi connectivity index (χ4v) is 10.4. The molecule has 460 valence electrons. The molecule has 0 aromatic carbocycles. The number of hydrogen-bond acceptors (Lipinski definition) is 8. The number of unbranched alkanes of at least 4 members (excludes halogenated alkanes) is 38. The molecule has 9 nitrogen and oxygen atoms in total. The summed E-state index contributed by atoms with van der Waals surface area (Å²) in [6.07, 6.45) is 75.9. The van der Waals surface area contributed by atoms with Gasteiger partial charge in [-0.3, -0.25) is 4.79 Å². The van der Waals surface area contributed by atoms with E-state index in [2.05, 4.69) is 79.9 Å². The van der Waals surface area contributed by atoms with Gasteiger partial charge in [-0.05, 0) is 83.5 Å². The SMILES string of the molecule is CCCCCCC/C=C\C/C=C\C/C=C\CCCCCCCCCCCCCCCCCCCCCCCCCCC(=O)NC(COC1OC(CO)C(O)C(O)C1O)C(O)/C=C/CC/C=C/CC/C=C/CCCCCCCCC. The lowest BCUT2D eigenvalue weighted by atomic mass is 9.99. The first-order valence-electron chi connectivity index (χ1n) is 33.7. The fraction of sp³-hybridized carbons (Fsp3) is 0.814. The summed E-state index contributed by atoms with van der Waals surface area (Å²) in [7, 11) is 0. The predicted molar refractivity (Wildman–Crippen MR) is 336 cm³/mol. The zero-order valence-electron chi connectivity index (χ0n) is 51.4. The van der Waals surface area contributed by atoms with Gasteiger partial charge >= 0.3 is 0 Å². The maximum absolute atomic E-state index is 13.1. The van der Waals surface area contributed by atoms with E-state index < -0.39 is 49.5 Å². The summed E-state index contributed by atoms with van der Waals surface area (Å²) < 4.78 is 11.3. The van der Waals surface area contributed by atoms with E-state index in [1.54, 1.807) is 6.08 Å². The van der Waals surface area contributed by atoms with Crippen molar-refractivity contribution in [1.29, 1.82) is 0 Å². The molecule has 1 rings (SSSR count). The molecule has 1 fully saturated rings. The third-order valence-electron chi connectivity index (χ3n) is 15.7. The van der Waals surface area contributed by atoms with Crippen molar-refractivity contribution < 1.29 is 39.8 Å². The van der Waals surface area contributed by atoms with Gasteiger partial charge in [-0.1, -0.05) is 292 Å². The van der Waals surface area contributed by atoms with Crippen LogP contribution in [0.1, 0.15) is 309 Å². The highest BCUT2D eigenvalue weighted by Crippen LogP contribution is 2.23. The molecule has 7 atom stereocenters. The maximum Gasteiger partial charge on any atom is 0.220 e. The Morgan fingerprint density at radius 3 is 1.15 bits per heavy atom. The van der Waals surface area contributed by atoms with Crippen LogP contribution in [0.2, 0.25) is 0 Å². The van der Waals surface area contributed by atoms with Crippen molar-refractivity contribution in [3.63, 3.8) is 0 Å². The Balaban J connectivity index is 2.08. The summed E-state index contributed by atoms with van der Waals surface area (Å²) >= 11 is 0. The Morgan fingerprint density at radius 2 is 0.759 bits per heavy atom. The molecule has 79 heavy (non-hydrogen) atoms. The van der Waals surface area contributed by atoms with Crippen molar-refractivity contribution in [2.45, 2.75) is 352 Å². The van der Waals surface area contributed by atoms with Gasteiger partial charge in [-0.2, -0.15) is 0 Å². The molecule has 0 radical (unpaired) electrons. The summed E-state index contributed by atoms with van der Waals surface area (Å²) in [5.41, 5.74) is 0. The summed E-state index contributed by atoms with van der Waals surface area (Å²) in [5.74, 6) is -0.188. The predicted octanol–water partition coefficient (Wildman–Crippen LogP) is 18.0. The number of aliphatic hydroxyl groups is 5. The van der Waals surface area contributed by atoms with Gasteiger partial charge in [0.25, 0.3) is 0 Å². The lowest BCUT2D eigenvalue weighted by molar-refractivity contribution is -0.302. The Morgan fingerprint density at radius 1 is 0.430 bits per heavy atom. The lowest BCUT2D eigenvalue weighted by Gasteiger charge is -2.40. The molecule has 0 bridgehead atoms. The van der Waals surface area contributed by atoms with E-state index in [-0.39, 0.29) is 12.5 Å². The van der Waals surface area contributed by atoms with Crippen molar-refractivity contribution in [3.8, 4) is 0 Å². The first kappa shape index (κ1) is 74.6. The molecule has 0 spiro atoms. The number of ether oxygens (including phenoxy) is 2. The van der Waals surface area contributed by atoms with Crippen molar-refractivity contribution >= 4 is 5.91 Å². The summed E-state index contributed by atoms with van der Waals surface area (Å²) in [6, 6.07) is -0.829. The molecule has 9 heteroatoms. The van der Waals surface area contributed by atoms with Gasteiger partial charge in [-0.15, -0.1) is 0 Å². The molecular formula is C70H127NO8. The van der Waals surface area contributed by atoms with Crippen LogP contribution in [0.5, 0.6) is 0 Å².